The van der Waals surface area contributed by atoms with Crippen LogP contribution in [0, 0.1) is 0 Å². The van der Waals surface area contributed by atoms with Gasteiger partial charge >= 0.3 is 0 Å². The Bertz CT molecular complexity index is 144. The minimum absolute atomic E-state index is 0.788. The second kappa shape index (κ2) is 3.35. The Morgan fingerprint density at radius 1 is 1.17 bits per heavy atom. The van der Waals surface area contributed by atoms with Gasteiger partial charge in [0.25, 0.3) is 0 Å². The van der Waals surface area contributed by atoms with Gasteiger partial charge in [0.2, 0.25) is 0 Å². The predicted molar refractivity (Wildman–Crippen MR) is 51.3 cm³/mol. The van der Waals surface area contributed by atoms with Crippen molar-refractivity contribution in [2.24, 2.45) is 0 Å². The second-order valence-electron chi connectivity index (χ2n) is 4.36. The summed E-state index contributed by atoms with van der Waals surface area (Å²) in [4.78, 5) is 2.61. The molecule has 2 aliphatic rings. The summed E-state index contributed by atoms with van der Waals surface area (Å²) in [6.07, 6.45) is 7.03. The summed E-state index contributed by atoms with van der Waals surface area (Å²) in [5.74, 6) is 0. The lowest BCUT2D eigenvalue weighted by atomic mass is 9.82. The van der Waals surface area contributed by atoms with Gasteiger partial charge in [-0.25, -0.2) is 0 Å². The molecule has 2 bridgehead atoms. The van der Waals surface area contributed by atoms with Gasteiger partial charge in [-0.1, -0.05) is 6.42 Å². The molecule has 2 atom stereocenters. The molecule has 1 N–H and O–H groups in total. The van der Waals surface area contributed by atoms with Crippen LogP contribution in [0.1, 0.15) is 32.1 Å². The van der Waals surface area contributed by atoms with E-state index in [0.29, 0.717) is 0 Å². The van der Waals surface area contributed by atoms with E-state index in [9.17, 15) is 0 Å². The van der Waals surface area contributed by atoms with Gasteiger partial charge in [0.05, 0.1) is 0 Å². The van der Waals surface area contributed by atoms with Crippen LogP contribution in [0.3, 0.4) is 0 Å². The molecule has 0 saturated carbocycles. The van der Waals surface area contributed by atoms with Crippen molar-refractivity contribution in [3.63, 3.8) is 0 Å². The Balaban J connectivity index is 2.02. The quantitative estimate of drug-likeness (QED) is 0.633. The molecule has 2 rings (SSSR count). The summed E-state index contributed by atoms with van der Waals surface area (Å²) >= 11 is 0. The number of piperidine rings is 2. The van der Waals surface area contributed by atoms with E-state index >= 15 is 0 Å². The van der Waals surface area contributed by atoms with Crippen molar-refractivity contribution in [2.45, 2.75) is 50.2 Å². The van der Waals surface area contributed by atoms with Crippen LogP contribution in [-0.2, 0) is 0 Å². The molecular formula is C10H20N2. The van der Waals surface area contributed by atoms with Crippen molar-refractivity contribution < 1.29 is 0 Å². The number of hydrogen-bond donors (Lipinski definition) is 1. The summed E-state index contributed by atoms with van der Waals surface area (Å²) in [6, 6.07) is 2.53. The van der Waals surface area contributed by atoms with Gasteiger partial charge in [0.15, 0.2) is 0 Å². The molecule has 0 radical (unpaired) electrons. The molecule has 2 heterocycles. The van der Waals surface area contributed by atoms with Crippen LogP contribution in [0.25, 0.3) is 0 Å². The van der Waals surface area contributed by atoms with E-state index in [2.05, 4.69) is 24.3 Å². The summed E-state index contributed by atoms with van der Waals surface area (Å²) in [5, 5.41) is 3.43. The van der Waals surface area contributed by atoms with E-state index in [-0.39, 0.29) is 0 Å². The highest BCUT2D eigenvalue weighted by atomic mass is 15.2. The number of hydrogen-bond acceptors (Lipinski definition) is 2. The third kappa shape index (κ3) is 1.38. The van der Waals surface area contributed by atoms with E-state index in [0.717, 1.165) is 18.1 Å². The molecule has 0 spiro atoms. The Kier molecular flexibility index (Phi) is 2.37. The zero-order valence-corrected chi connectivity index (χ0v) is 8.21. The van der Waals surface area contributed by atoms with Crippen molar-refractivity contribution in [2.75, 3.05) is 14.1 Å². The highest BCUT2D eigenvalue weighted by molar-refractivity contribution is 4.92. The Morgan fingerprint density at radius 3 is 2.25 bits per heavy atom. The second-order valence-corrected chi connectivity index (χ2v) is 4.36. The van der Waals surface area contributed by atoms with Crippen LogP contribution >= 0.6 is 0 Å². The van der Waals surface area contributed by atoms with Crippen LogP contribution in [0.15, 0.2) is 0 Å². The van der Waals surface area contributed by atoms with Crippen LogP contribution < -0.4 is 5.32 Å². The predicted octanol–water partition coefficient (Wildman–Crippen LogP) is 1.22. The highest BCUT2D eigenvalue weighted by Crippen LogP contribution is 2.32. The Labute approximate surface area is 75.3 Å². The van der Waals surface area contributed by atoms with E-state index in [4.69, 9.17) is 0 Å². The van der Waals surface area contributed by atoms with Crippen LogP contribution in [0.2, 0.25) is 0 Å². The lowest BCUT2D eigenvalue weighted by molar-refractivity contribution is 0.0504. The number of nitrogens with zero attached hydrogens (tertiary/aromatic N) is 1. The largest absolute Gasteiger partial charge is 0.317 e. The fourth-order valence-electron chi connectivity index (χ4n) is 2.85. The maximum atomic E-state index is 3.43. The van der Waals surface area contributed by atoms with Gasteiger partial charge in [-0.15, -0.1) is 0 Å². The average Bonchev–Trinajstić information content (AvgIpc) is 2.04. The van der Waals surface area contributed by atoms with Crippen molar-refractivity contribution in [1.29, 1.82) is 0 Å². The van der Waals surface area contributed by atoms with E-state index in [1.165, 1.54) is 32.1 Å². The van der Waals surface area contributed by atoms with Crippen LogP contribution in [-0.4, -0.2) is 37.1 Å². The first kappa shape index (κ1) is 8.52. The zero-order valence-electron chi connectivity index (χ0n) is 8.21. The van der Waals surface area contributed by atoms with Crippen molar-refractivity contribution in [3.8, 4) is 0 Å². The van der Waals surface area contributed by atoms with Crippen LogP contribution in [0.4, 0.5) is 0 Å². The fraction of sp³-hybridized carbons (Fsp3) is 1.00. The smallest absolute Gasteiger partial charge is 0.0110 e. The molecule has 2 nitrogen and oxygen atoms in total. The Hall–Kier alpha value is -0.0800. The van der Waals surface area contributed by atoms with E-state index < -0.39 is 0 Å². The minimum Gasteiger partial charge on any atom is -0.317 e. The van der Waals surface area contributed by atoms with Gasteiger partial charge in [0, 0.05) is 18.1 Å². The number of rotatable bonds is 1. The van der Waals surface area contributed by atoms with Crippen molar-refractivity contribution >= 4 is 0 Å². The van der Waals surface area contributed by atoms with Gasteiger partial charge < -0.3 is 10.2 Å². The van der Waals surface area contributed by atoms with E-state index in [1.807, 2.05) is 0 Å². The van der Waals surface area contributed by atoms with Crippen molar-refractivity contribution in [3.05, 3.63) is 0 Å². The molecule has 12 heavy (non-hydrogen) atoms. The lowest BCUT2D eigenvalue weighted by Gasteiger charge is -2.47. The summed E-state index contributed by atoms with van der Waals surface area (Å²) in [7, 11) is 4.41. The number of nitrogens with one attached hydrogen (secondary N) is 1. The minimum atomic E-state index is 0.788. The maximum absolute atomic E-state index is 3.43. The third-order valence-corrected chi connectivity index (χ3v) is 3.75. The first-order chi connectivity index (χ1) is 5.81. The molecule has 0 aromatic rings. The molecule has 0 unspecified atom stereocenters. The molecule has 0 amide bonds. The molecule has 70 valence electrons. The van der Waals surface area contributed by atoms with Gasteiger partial charge in [0.1, 0.15) is 0 Å². The van der Waals surface area contributed by atoms with Gasteiger partial charge in [-0.2, -0.15) is 0 Å². The summed E-state index contributed by atoms with van der Waals surface area (Å²) in [5.41, 5.74) is 0. The number of fused-ring (bicyclic) bond motifs is 2. The summed E-state index contributed by atoms with van der Waals surface area (Å²) < 4.78 is 0. The average molecular weight is 168 g/mol. The lowest BCUT2D eigenvalue weighted by Crippen LogP contribution is -2.53. The van der Waals surface area contributed by atoms with Gasteiger partial charge in [-0.05, 0) is 39.8 Å². The Morgan fingerprint density at radius 2 is 1.75 bits per heavy atom. The highest BCUT2D eigenvalue weighted by Gasteiger charge is 2.34. The SMILES string of the molecule is CNC1C[C@@H]2CCC[C@@H](C1)N2C. The summed E-state index contributed by atoms with van der Waals surface area (Å²) in [6.45, 7) is 0. The van der Waals surface area contributed by atoms with Gasteiger partial charge in [-0.3, -0.25) is 0 Å². The molecule has 0 aliphatic carbocycles. The topological polar surface area (TPSA) is 15.3 Å². The standard InChI is InChI=1S/C10H20N2/c1-11-8-6-9-4-3-5-10(7-8)12(9)2/h8-11H,3-7H2,1-2H3/t9-,10-/m0/s1. The molecule has 0 aromatic heterocycles. The van der Waals surface area contributed by atoms with Crippen molar-refractivity contribution in [1.82, 2.24) is 10.2 Å². The zero-order chi connectivity index (χ0) is 8.55. The first-order valence-corrected chi connectivity index (χ1v) is 5.20. The first-order valence-electron chi connectivity index (χ1n) is 5.20. The van der Waals surface area contributed by atoms with E-state index in [1.54, 1.807) is 0 Å². The molecular weight excluding hydrogens is 148 g/mol. The molecule has 2 saturated heterocycles. The molecule has 2 fully saturated rings. The molecule has 0 aromatic carbocycles. The molecule has 2 heteroatoms. The molecule has 2 aliphatic heterocycles. The third-order valence-electron chi connectivity index (χ3n) is 3.75. The normalized spacial score (nSPS) is 43.0. The fourth-order valence-corrected chi connectivity index (χ4v) is 2.85. The van der Waals surface area contributed by atoms with Crippen LogP contribution in [0.5, 0.6) is 0 Å². The monoisotopic (exact) mass is 168 g/mol. The maximum Gasteiger partial charge on any atom is 0.0110 e.